The van der Waals surface area contributed by atoms with E-state index in [9.17, 15) is 0 Å². The molecule has 7 heteroatoms. The molecule has 0 aliphatic carbocycles. The molecular formula is C7H4Cl2N4S. The van der Waals surface area contributed by atoms with Gasteiger partial charge in [0.15, 0.2) is 0 Å². The Morgan fingerprint density at radius 3 is 2.50 bits per heavy atom. The molecule has 0 amide bonds. The Labute approximate surface area is 94.0 Å². The number of aromatic nitrogens is 4. The van der Waals surface area contributed by atoms with Gasteiger partial charge >= 0.3 is 0 Å². The number of hydrogen-bond donors (Lipinski definition) is 1. The molecule has 1 heterocycles. The average Bonchev–Trinajstić information content (AvgIpc) is 2.64. The fourth-order valence-corrected chi connectivity index (χ4v) is 2.18. The molecule has 4 nitrogen and oxygen atoms in total. The Morgan fingerprint density at radius 2 is 1.93 bits per heavy atom. The zero-order valence-corrected chi connectivity index (χ0v) is 9.07. The first-order chi connectivity index (χ1) is 6.77. The fraction of sp³-hybridized carbons (Fsp3) is 0. The maximum atomic E-state index is 5.95. The number of nitrogens with one attached hydrogen (secondary N) is 1. The fourth-order valence-electron chi connectivity index (χ4n) is 0.867. The highest BCUT2D eigenvalue weighted by Gasteiger charge is 2.09. The molecule has 1 aromatic carbocycles. The lowest BCUT2D eigenvalue weighted by Gasteiger charge is -2.01. The van der Waals surface area contributed by atoms with E-state index in [2.05, 4.69) is 20.6 Å². The topological polar surface area (TPSA) is 54.5 Å². The van der Waals surface area contributed by atoms with Crippen molar-refractivity contribution in [2.24, 2.45) is 0 Å². The lowest BCUT2D eigenvalue weighted by atomic mass is 10.4. The Hall–Kier alpha value is -0.780. The average molecular weight is 247 g/mol. The van der Waals surface area contributed by atoms with E-state index in [0.717, 1.165) is 4.90 Å². The minimum absolute atomic E-state index is 0.486. The molecule has 0 unspecified atom stereocenters. The van der Waals surface area contributed by atoms with Gasteiger partial charge in [0, 0.05) is 0 Å². The number of hydrogen-bond acceptors (Lipinski definition) is 4. The SMILES string of the molecule is Clc1cccc(Cl)c1Sc1nn[nH]n1. The van der Waals surface area contributed by atoms with E-state index in [1.54, 1.807) is 18.2 Å². The van der Waals surface area contributed by atoms with Gasteiger partial charge in [0.25, 0.3) is 0 Å². The number of aromatic amines is 1. The molecule has 0 aliphatic rings. The summed E-state index contributed by atoms with van der Waals surface area (Å²) in [5, 5.41) is 15.0. The van der Waals surface area contributed by atoms with Gasteiger partial charge in [-0.05, 0) is 29.1 Å². The monoisotopic (exact) mass is 246 g/mol. The van der Waals surface area contributed by atoms with Crippen molar-refractivity contribution in [3.05, 3.63) is 28.2 Å². The van der Waals surface area contributed by atoms with Gasteiger partial charge < -0.3 is 0 Å². The molecule has 0 saturated heterocycles. The van der Waals surface area contributed by atoms with E-state index in [4.69, 9.17) is 23.2 Å². The van der Waals surface area contributed by atoms with E-state index in [1.165, 1.54) is 11.8 Å². The first-order valence-electron chi connectivity index (χ1n) is 3.62. The second-order valence-electron chi connectivity index (χ2n) is 2.35. The summed E-state index contributed by atoms with van der Waals surface area (Å²) in [6.45, 7) is 0. The minimum Gasteiger partial charge on any atom is -0.176 e. The largest absolute Gasteiger partial charge is 0.235 e. The highest BCUT2D eigenvalue weighted by Crippen LogP contribution is 2.36. The van der Waals surface area contributed by atoms with Gasteiger partial charge in [-0.2, -0.15) is 5.21 Å². The van der Waals surface area contributed by atoms with Crippen LogP contribution in [0.15, 0.2) is 28.3 Å². The number of rotatable bonds is 2. The molecule has 1 aromatic heterocycles. The molecule has 0 spiro atoms. The van der Waals surface area contributed by atoms with E-state index < -0.39 is 0 Å². The molecule has 0 radical (unpaired) electrons. The van der Waals surface area contributed by atoms with Gasteiger partial charge in [0.05, 0.1) is 14.9 Å². The van der Waals surface area contributed by atoms with Crippen LogP contribution in [0.1, 0.15) is 0 Å². The Balaban J connectivity index is 2.33. The summed E-state index contributed by atoms with van der Waals surface area (Å²) in [6.07, 6.45) is 0. The third-order valence-electron chi connectivity index (χ3n) is 1.44. The third kappa shape index (κ3) is 2.00. The van der Waals surface area contributed by atoms with Crippen molar-refractivity contribution in [2.75, 3.05) is 0 Å². The van der Waals surface area contributed by atoms with Crippen molar-refractivity contribution in [3.63, 3.8) is 0 Å². The third-order valence-corrected chi connectivity index (χ3v) is 3.29. The summed E-state index contributed by atoms with van der Waals surface area (Å²) >= 11 is 13.2. The zero-order chi connectivity index (χ0) is 9.97. The highest BCUT2D eigenvalue weighted by molar-refractivity contribution is 7.99. The molecule has 0 aliphatic heterocycles. The Bertz CT molecular complexity index is 411. The van der Waals surface area contributed by atoms with Crippen LogP contribution in [0.2, 0.25) is 10.0 Å². The molecule has 0 fully saturated rings. The van der Waals surface area contributed by atoms with Crippen LogP contribution >= 0.6 is 35.0 Å². The molecule has 72 valence electrons. The summed E-state index contributed by atoms with van der Waals surface area (Å²) in [7, 11) is 0. The summed E-state index contributed by atoms with van der Waals surface area (Å²) in [4.78, 5) is 0.734. The summed E-state index contributed by atoms with van der Waals surface area (Å²) in [5.41, 5.74) is 0. The van der Waals surface area contributed by atoms with Crippen molar-refractivity contribution in [3.8, 4) is 0 Å². The number of halogens is 2. The second-order valence-corrected chi connectivity index (χ2v) is 4.14. The van der Waals surface area contributed by atoms with Gasteiger partial charge in [-0.3, -0.25) is 0 Å². The zero-order valence-electron chi connectivity index (χ0n) is 6.74. The predicted octanol–water partition coefficient (Wildman–Crippen LogP) is 2.66. The number of tetrazole rings is 1. The van der Waals surface area contributed by atoms with Crippen molar-refractivity contribution >= 4 is 35.0 Å². The van der Waals surface area contributed by atoms with Crippen LogP contribution in [-0.4, -0.2) is 20.6 Å². The van der Waals surface area contributed by atoms with Crippen molar-refractivity contribution in [2.45, 2.75) is 10.1 Å². The molecule has 0 bridgehead atoms. The van der Waals surface area contributed by atoms with Crippen LogP contribution in [0.5, 0.6) is 0 Å². The molecule has 14 heavy (non-hydrogen) atoms. The molecule has 1 N–H and O–H groups in total. The summed E-state index contributed by atoms with van der Waals surface area (Å²) < 4.78 is 0. The molecular weight excluding hydrogens is 243 g/mol. The van der Waals surface area contributed by atoms with Crippen LogP contribution in [0.4, 0.5) is 0 Å². The van der Waals surface area contributed by atoms with E-state index in [1.807, 2.05) is 0 Å². The van der Waals surface area contributed by atoms with Gasteiger partial charge in [-0.15, -0.1) is 10.2 Å². The number of benzene rings is 1. The van der Waals surface area contributed by atoms with E-state index >= 15 is 0 Å². The maximum absolute atomic E-state index is 5.95. The van der Waals surface area contributed by atoms with Crippen LogP contribution in [0.25, 0.3) is 0 Å². The lowest BCUT2D eigenvalue weighted by Crippen LogP contribution is -1.79. The molecule has 2 rings (SSSR count). The maximum Gasteiger partial charge on any atom is 0.235 e. The molecule has 0 saturated carbocycles. The first kappa shape index (κ1) is 9.76. The van der Waals surface area contributed by atoms with Gasteiger partial charge in [-0.25, -0.2) is 0 Å². The predicted molar refractivity (Wildman–Crippen MR) is 54.8 cm³/mol. The lowest BCUT2D eigenvalue weighted by molar-refractivity contribution is 0.881. The Kier molecular flexibility index (Phi) is 2.90. The second kappa shape index (κ2) is 4.16. The quantitative estimate of drug-likeness (QED) is 0.886. The molecule has 0 atom stereocenters. The van der Waals surface area contributed by atoms with Crippen LogP contribution in [-0.2, 0) is 0 Å². The van der Waals surface area contributed by atoms with Crippen LogP contribution < -0.4 is 0 Å². The van der Waals surface area contributed by atoms with Gasteiger partial charge in [0.2, 0.25) is 5.16 Å². The number of H-pyrrole nitrogens is 1. The van der Waals surface area contributed by atoms with Gasteiger partial charge in [-0.1, -0.05) is 29.3 Å². The van der Waals surface area contributed by atoms with Gasteiger partial charge in [0.1, 0.15) is 0 Å². The van der Waals surface area contributed by atoms with Crippen LogP contribution in [0, 0.1) is 0 Å². The Morgan fingerprint density at radius 1 is 1.21 bits per heavy atom. The van der Waals surface area contributed by atoms with E-state index in [-0.39, 0.29) is 0 Å². The van der Waals surface area contributed by atoms with Crippen molar-refractivity contribution < 1.29 is 0 Å². The summed E-state index contributed by atoms with van der Waals surface area (Å²) in [5.74, 6) is 0. The standard InChI is InChI=1S/C7H4Cl2N4S/c8-4-2-1-3-5(9)6(4)14-7-10-12-13-11-7/h1-3H,(H,10,11,12,13). The van der Waals surface area contributed by atoms with Crippen molar-refractivity contribution in [1.82, 2.24) is 20.6 Å². The summed E-state index contributed by atoms with van der Waals surface area (Å²) in [6, 6.07) is 5.30. The van der Waals surface area contributed by atoms with E-state index in [0.29, 0.717) is 15.2 Å². The first-order valence-corrected chi connectivity index (χ1v) is 5.20. The normalized spacial score (nSPS) is 10.4. The number of nitrogens with zero attached hydrogens (tertiary/aromatic N) is 3. The smallest absolute Gasteiger partial charge is 0.176 e. The van der Waals surface area contributed by atoms with Crippen LogP contribution in [0.3, 0.4) is 0 Å². The van der Waals surface area contributed by atoms with Crippen molar-refractivity contribution in [1.29, 1.82) is 0 Å². The molecule has 2 aromatic rings. The minimum atomic E-state index is 0.486. The highest BCUT2D eigenvalue weighted by atomic mass is 35.5.